The Morgan fingerprint density at radius 2 is 1.33 bits per heavy atom. The zero-order valence-electron chi connectivity index (χ0n) is 31.7. The third kappa shape index (κ3) is 20.4. The molecule has 2 aliphatic heterocycles. The number of hydrogen-bond acceptors (Lipinski definition) is 11. The number of aliphatic hydroxyl groups excluding tert-OH is 6. The molecule has 0 aromatic heterocycles. The Labute approximate surface area is 308 Å². The minimum atomic E-state index is -1.61. The van der Waals surface area contributed by atoms with Gasteiger partial charge in [-0.05, 0) is 38.0 Å². The Morgan fingerprint density at radius 1 is 0.765 bits per heavy atom. The third-order valence-corrected chi connectivity index (χ3v) is 10.4. The smallest absolute Gasteiger partial charge is 0.220 e. The quantitative estimate of drug-likeness (QED) is 0.0505. The van der Waals surface area contributed by atoms with E-state index < -0.39 is 55.6 Å². The van der Waals surface area contributed by atoms with Crippen molar-refractivity contribution >= 4 is 5.91 Å². The van der Waals surface area contributed by atoms with Crippen LogP contribution in [0.4, 0.5) is 0 Å². The fourth-order valence-electron chi connectivity index (χ4n) is 6.90. The highest BCUT2D eigenvalue weighted by Crippen LogP contribution is 2.23. The molecule has 0 aliphatic carbocycles. The lowest BCUT2D eigenvalue weighted by atomic mass is 9.98. The largest absolute Gasteiger partial charge is 0.394 e. The van der Waals surface area contributed by atoms with Crippen LogP contribution in [0, 0.1) is 5.92 Å². The van der Waals surface area contributed by atoms with Gasteiger partial charge in [0.2, 0.25) is 5.91 Å². The zero-order valence-corrected chi connectivity index (χ0v) is 31.7. The molecule has 302 valence electrons. The van der Waals surface area contributed by atoms with Crippen molar-refractivity contribution in [1.29, 1.82) is 0 Å². The molecular weight excluding hydrogens is 658 g/mol. The standard InChI is InChI=1S/C39H75NO11/c1-2-3-4-5-6-7-8-9-10-11-14-17-20-32(42)35(44)31(29-50-39-38(47)37(46)36(45)33(27-41)51-39)40-34(43)21-18-15-12-13-16-19-24-49-28-30-22-25-48-26-23-30/h30-33,35-39,41-42,44-47H,2-29H2,1H3,(H,40,43)/t31-,32+,33+,35-,36-,37-,38+,39-/m0/s1. The first-order valence-corrected chi connectivity index (χ1v) is 20.5. The lowest BCUT2D eigenvalue weighted by molar-refractivity contribution is -0.303. The van der Waals surface area contributed by atoms with Gasteiger partial charge in [0.15, 0.2) is 6.29 Å². The molecule has 12 nitrogen and oxygen atoms in total. The van der Waals surface area contributed by atoms with Crippen LogP contribution in [0.3, 0.4) is 0 Å². The molecule has 1 amide bonds. The van der Waals surface area contributed by atoms with Gasteiger partial charge in [-0.15, -0.1) is 0 Å². The number of carbonyl (C=O) groups excluding carboxylic acids is 1. The molecule has 0 saturated carbocycles. The summed E-state index contributed by atoms with van der Waals surface area (Å²) in [7, 11) is 0. The van der Waals surface area contributed by atoms with Gasteiger partial charge >= 0.3 is 0 Å². The van der Waals surface area contributed by atoms with Gasteiger partial charge in [0, 0.05) is 32.8 Å². The summed E-state index contributed by atoms with van der Waals surface area (Å²) < 4.78 is 22.3. The second-order valence-corrected chi connectivity index (χ2v) is 14.9. The van der Waals surface area contributed by atoms with E-state index in [-0.39, 0.29) is 18.9 Å². The van der Waals surface area contributed by atoms with E-state index in [1.54, 1.807) is 0 Å². The van der Waals surface area contributed by atoms with Crippen molar-refractivity contribution < 1.29 is 54.4 Å². The number of hydrogen-bond donors (Lipinski definition) is 7. The molecule has 7 N–H and O–H groups in total. The van der Waals surface area contributed by atoms with Gasteiger partial charge in [-0.3, -0.25) is 4.79 Å². The molecule has 12 heteroatoms. The topological polar surface area (TPSA) is 187 Å². The molecule has 2 saturated heterocycles. The van der Waals surface area contributed by atoms with E-state index in [9.17, 15) is 35.4 Å². The van der Waals surface area contributed by atoms with E-state index in [1.165, 1.54) is 51.4 Å². The lowest BCUT2D eigenvalue weighted by Crippen LogP contribution is -2.60. The summed E-state index contributed by atoms with van der Waals surface area (Å²) in [5.74, 6) is 0.336. The van der Waals surface area contributed by atoms with Crippen molar-refractivity contribution in [2.45, 2.75) is 197 Å². The van der Waals surface area contributed by atoms with Crippen molar-refractivity contribution in [1.82, 2.24) is 5.32 Å². The van der Waals surface area contributed by atoms with Gasteiger partial charge in [0.1, 0.15) is 30.5 Å². The van der Waals surface area contributed by atoms with Crippen LogP contribution in [0.1, 0.15) is 148 Å². The summed E-state index contributed by atoms with van der Waals surface area (Å²) in [6, 6.07) is -1.00. The molecule has 0 aromatic rings. The fourth-order valence-corrected chi connectivity index (χ4v) is 6.90. The Balaban J connectivity index is 1.70. The number of unbranched alkanes of at least 4 members (excludes halogenated alkanes) is 16. The van der Waals surface area contributed by atoms with Gasteiger partial charge in [0.25, 0.3) is 0 Å². The van der Waals surface area contributed by atoms with Crippen molar-refractivity contribution in [2.24, 2.45) is 5.92 Å². The molecule has 2 heterocycles. The predicted molar refractivity (Wildman–Crippen MR) is 196 cm³/mol. The normalized spacial score (nSPS) is 24.7. The molecule has 2 rings (SSSR count). The molecule has 0 radical (unpaired) electrons. The third-order valence-electron chi connectivity index (χ3n) is 10.4. The van der Waals surface area contributed by atoms with Gasteiger partial charge in [-0.2, -0.15) is 0 Å². The second kappa shape index (κ2) is 29.4. The Kier molecular flexibility index (Phi) is 26.7. The van der Waals surface area contributed by atoms with E-state index in [4.69, 9.17) is 18.9 Å². The SMILES string of the molecule is CCCCCCCCCCCCCC[C@@H](O)[C@@H](O)[C@H](CO[C@H]1O[C@H](CO)[C@H](O)[C@H](O)[C@H]1O)NC(=O)CCCCCCCCOCC1CCOCC1. The van der Waals surface area contributed by atoms with Gasteiger partial charge in [0.05, 0.1) is 25.4 Å². The van der Waals surface area contributed by atoms with E-state index >= 15 is 0 Å². The molecule has 0 unspecified atom stereocenters. The maximum atomic E-state index is 12.9. The van der Waals surface area contributed by atoms with Crippen molar-refractivity contribution in [3.8, 4) is 0 Å². The van der Waals surface area contributed by atoms with Crippen LogP contribution in [-0.4, -0.2) is 125 Å². The Morgan fingerprint density at radius 3 is 1.94 bits per heavy atom. The second-order valence-electron chi connectivity index (χ2n) is 14.9. The van der Waals surface area contributed by atoms with E-state index in [2.05, 4.69) is 12.2 Å². The number of nitrogens with one attached hydrogen (secondary N) is 1. The monoisotopic (exact) mass is 734 g/mol. The minimum Gasteiger partial charge on any atom is -0.394 e. The summed E-state index contributed by atoms with van der Waals surface area (Å²) >= 11 is 0. The molecule has 2 aliphatic rings. The number of rotatable bonds is 31. The maximum Gasteiger partial charge on any atom is 0.220 e. The van der Waals surface area contributed by atoms with E-state index in [0.29, 0.717) is 18.8 Å². The lowest BCUT2D eigenvalue weighted by Gasteiger charge is -2.40. The van der Waals surface area contributed by atoms with Gasteiger partial charge in [-0.1, -0.05) is 110 Å². The maximum absolute atomic E-state index is 12.9. The average molecular weight is 734 g/mol. The average Bonchev–Trinajstić information content (AvgIpc) is 3.14. The van der Waals surface area contributed by atoms with Crippen LogP contribution in [0.15, 0.2) is 0 Å². The first-order chi connectivity index (χ1) is 24.8. The van der Waals surface area contributed by atoms with Crippen molar-refractivity contribution in [3.05, 3.63) is 0 Å². The van der Waals surface area contributed by atoms with E-state index in [0.717, 1.165) is 97.1 Å². The van der Waals surface area contributed by atoms with Crippen LogP contribution in [0.2, 0.25) is 0 Å². The summed E-state index contributed by atoms with van der Waals surface area (Å²) in [5.41, 5.74) is 0. The molecule has 0 bridgehead atoms. The van der Waals surface area contributed by atoms with Crippen LogP contribution in [0.25, 0.3) is 0 Å². The Hall–Kier alpha value is -0.930. The molecular formula is C39H75NO11. The van der Waals surface area contributed by atoms with Crippen molar-refractivity contribution in [3.63, 3.8) is 0 Å². The van der Waals surface area contributed by atoms with Crippen LogP contribution in [-0.2, 0) is 23.7 Å². The molecule has 8 atom stereocenters. The fraction of sp³-hybridized carbons (Fsp3) is 0.974. The van der Waals surface area contributed by atoms with Crippen LogP contribution < -0.4 is 5.32 Å². The zero-order chi connectivity index (χ0) is 37.1. The van der Waals surface area contributed by atoms with E-state index in [1.807, 2.05) is 0 Å². The van der Waals surface area contributed by atoms with Gasteiger partial charge < -0.3 is 54.9 Å². The van der Waals surface area contributed by atoms with Crippen LogP contribution in [0.5, 0.6) is 0 Å². The minimum absolute atomic E-state index is 0.256. The highest BCUT2D eigenvalue weighted by molar-refractivity contribution is 5.76. The van der Waals surface area contributed by atoms with Crippen LogP contribution >= 0.6 is 0 Å². The molecule has 0 aromatic carbocycles. The summed E-state index contributed by atoms with van der Waals surface area (Å²) in [4.78, 5) is 12.9. The molecule has 0 spiro atoms. The number of amides is 1. The molecule has 2 fully saturated rings. The number of carbonyl (C=O) groups is 1. The number of aliphatic hydroxyl groups is 6. The predicted octanol–water partition coefficient (Wildman–Crippen LogP) is 4.27. The van der Waals surface area contributed by atoms with Crippen molar-refractivity contribution in [2.75, 3.05) is 39.6 Å². The number of ether oxygens (including phenoxy) is 4. The highest BCUT2D eigenvalue weighted by atomic mass is 16.7. The highest BCUT2D eigenvalue weighted by Gasteiger charge is 2.44. The molecule has 51 heavy (non-hydrogen) atoms. The van der Waals surface area contributed by atoms with Gasteiger partial charge in [-0.25, -0.2) is 0 Å². The summed E-state index contributed by atoms with van der Waals surface area (Å²) in [6.45, 7) is 4.59. The summed E-state index contributed by atoms with van der Waals surface area (Å²) in [6.07, 6.45) is 13.1. The first-order valence-electron chi connectivity index (χ1n) is 20.5. The summed E-state index contributed by atoms with van der Waals surface area (Å²) in [5, 5.41) is 64.9. The Bertz CT molecular complexity index is 831. The first kappa shape index (κ1) is 46.2.